The van der Waals surface area contributed by atoms with Crippen LogP contribution in [-0.2, 0) is 6.54 Å². The number of rotatable bonds is 10. The summed E-state index contributed by atoms with van der Waals surface area (Å²) < 4.78 is 20.3. The van der Waals surface area contributed by atoms with Gasteiger partial charge in [0, 0.05) is 50.5 Å². The van der Waals surface area contributed by atoms with Crippen molar-refractivity contribution in [3.8, 4) is 5.75 Å². The summed E-state index contributed by atoms with van der Waals surface area (Å²) in [4.78, 5) is 30.7. The molecule has 37 heavy (non-hydrogen) atoms. The predicted molar refractivity (Wildman–Crippen MR) is 143 cm³/mol. The number of benzene rings is 1. The molecule has 0 bridgehead atoms. The number of carbonyl (C=O) groups is 1. The maximum atomic E-state index is 15.2. The number of amides is 2. The van der Waals surface area contributed by atoms with Crippen molar-refractivity contribution in [3.63, 3.8) is 0 Å². The number of fused-ring (bicyclic) bond motifs is 1. The molecule has 0 radical (unpaired) electrons. The molecular formula is C26H35ClFN7O2. The highest BCUT2D eigenvalue weighted by molar-refractivity contribution is 6.34. The number of anilines is 3. The first kappa shape index (κ1) is 25.9. The fraction of sp³-hybridized carbons (Fsp3) is 0.577. The molecule has 9 nitrogen and oxygen atoms in total. The molecule has 1 N–H and O–H groups in total. The predicted octanol–water partition coefficient (Wildman–Crippen LogP) is 4.22. The second-order valence-electron chi connectivity index (χ2n) is 10.1. The number of hydrogen-bond donors (Lipinski definition) is 1. The second kappa shape index (κ2) is 11.4. The van der Waals surface area contributed by atoms with Gasteiger partial charge in [0.1, 0.15) is 11.5 Å². The average Bonchev–Trinajstić information content (AvgIpc) is 3.73. The third-order valence-corrected chi connectivity index (χ3v) is 7.60. The first-order valence-electron chi connectivity index (χ1n) is 13.1. The van der Waals surface area contributed by atoms with Gasteiger partial charge in [0.05, 0.1) is 18.7 Å². The van der Waals surface area contributed by atoms with Crippen molar-refractivity contribution in [2.24, 2.45) is 0 Å². The zero-order chi connectivity index (χ0) is 25.9. The van der Waals surface area contributed by atoms with E-state index in [1.54, 1.807) is 11.1 Å². The number of urea groups is 1. The van der Waals surface area contributed by atoms with Crippen molar-refractivity contribution in [2.45, 2.75) is 44.7 Å². The summed E-state index contributed by atoms with van der Waals surface area (Å²) in [6.07, 6.45) is 6.83. The fourth-order valence-corrected chi connectivity index (χ4v) is 5.18. The Labute approximate surface area is 222 Å². The molecule has 5 rings (SSSR count). The standard InChI is InChI=1S/C26H35ClFN7O2/c1-32-12-14-33(15-13-32)11-5-3-4-10-29-25-30-16-18-17-34(23-20(27)8-9-21(37-2)22(23)28)26(36)35(19-6-7-19)24(18)31-25/h8-9,16,19H,3-7,10-15,17H2,1-2H3,(H,29,30,31). The Morgan fingerprint density at radius 3 is 2.68 bits per heavy atom. The Bertz CT molecular complexity index is 1120. The number of methoxy groups -OCH3 is 1. The van der Waals surface area contributed by atoms with Crippen LogP contribution < -0.4 is 19.9 Å². The minimum Gasteiger partial charge on any atom is -0.494 e. The number of halogens is 2. The van der Waals surface area contributed by atoms with Crippen LogP contribution in [0.2, 0.25) is 5.02 Å². The Kier molecular flexibility index (Phi) is 7.97. The molecule has 0 atom stereocenters. The van der Waals surface area contributed by atoms with Crippen LogP contribution in [0.1, 0.15) is 37.7 Å². The van der Waals surface area contributed by atoms with Crippen LogP contribution in [0.4, 0.5) is 26.6 Å². The molecule has 2 amide bonds. The van der Waals surface area contributed by atoms with Crippen LogP contribution in [0.15, 0.2) is 18.3 Å². The molecular weight excluding hydrogens is 497 g/mol. The summed E-state index contributed by atoms with van der Waals surface area (Å²) in [5.74, 6) is 0.482. The number of likely N-dealkylation sites (N-methyl/N-ethyl adjacent to an activating group) is 1. The number of hydrogen-bond acceptors (Lipinski definition) is 7. The van der Waals surface area contributed by atoms with Gasteiger partial charge in [0.25, 0.3) is 0 Å². The summed E-state index contributed by atoms with van der Waals surface area (Å²) in [5.41, 5.74) is 0.767. The quantitative estimate of drug-likeness (QED) is 0.460. The summed E-state index contributed by atoms with van der Waals surface area (Å²) >= 11 is 6.34. The van der Waals surface area contributed by atoms with E-state index in [-0.39, 0.29) is 35.1 Å². The average molecular weight is 532 g/mol. The molecule has 2 fully saturated rings. The lowest BCUT2D eigenvalue weighted by Crippen LogP contribution is -2.49. The largest absolute Gasteiger partial charge is 0.494 e. The van der Waals surface area contributed by atoms with Gasteiger partial charge in [-0.15, -0.1) is 0 Å². The van der Waals surface area contributed by atoms with Crippen molar-refractivity contribution in [2.75, 3.05) is 68.5 Å². The summed E-state index contributed by atoms with van der Waals surface area (Å²) in [5, 5.41) is 3.47. The number of aromatic nitrogens is 2. The van der Waals surface area contributed by atoms with E-state index in [1.165, 1.54) is 30.6 Å². The van der Waals surface area contributed by atoms with Gasteiger partial charge in [0.2, 0.25) is 5.95 Å². The third kappa shape index (κ3) is 5.76. The Hall–Kier alpha value is -2.69. The van der Waals surface area contributed by atoms with Gasteiger partial charge >= 0.3 is 6.03 Å². The van der Waals surface area contributed by atoms with E-state index in [1.807, 2.05) is 0 Å². The Balaban J connectivity index is 1.22. The number of piperazine rings is 1. The molecule has 1 aromatic heterocycles. The fourth-order valence-electron chi connectivity index (χ4n) is 4.93. The molecule has 1 aromatic carbocycles. The van der Waals surface area contributed by atoms with Crippen LogP contribution in [0.5, 0.6) is 5.75 Å². The van der Waals surface area contributed by atoms with Crippen LogP contribution in [-0.4, -0.2) is 85.3 Å². The van der Waals surface area contributed by atoms with Gasteiger partial charge in [-0.05, 0) is 51.4 Å². The SMILES string of the molecule is COc1ccc(Cl)c(N2Cc3cnc(NCCCCCN4CCN(C)CC4)nc3N(C3CC3)C2=O)c1F. The minimum atomic E-state index is -0.658. The molecule has 200 valence electrons. The highest BCUT2D eigenvalue weighted by Gasteiger charge is 2.43. The van der Waals surface area contributed by atoms with Gasteiger partial charge in [-0.25, -0.2) is 14.2 Å². The van der Waals surface area contributed by atoms with E-state index < -0.39 is 5.82 Å². The highest BCUT2D eigenvalue weighted by atomic mass is 35.5. The lowest BCUT2D eigenvalue weighted by Gasteiger charge is -2.36. The van der Waals surface area contributed by atoms with E-state index in [2.05, 4.69) is 27.1 Å². The maximum absolute atomic E-state index is 15.2. The highest BCUT2D eigenvalue weighted by Crippen LogP contribution is 2.42. The van der Waals surface area contributed by atoms with Gasteiger partial charge in [-0.3, -0.25) is 9.80 Å². The molecule has 2 aromatic rings. The van der Waals surface area contributed by atoms with E-state index in [4.69, 9.17) is 21.3 Å². The Morgan fingerprint density at radius 1 is 1.16 bits per heavy atom. The molecule has 2 aliphatic heterocycles. The second-order valence-corrected chi connectivity index (χ2v) is 10.5. The van der Waals surface area contributed by atoms with Crippen molar-refractivity contribution in [3.05, 3.63) is 34.7 Å². The van der Waals surface area contributed by atoms with Crippen LogP contribution >= 0.6 is 11.6 Å². The first-order chi connectivity index (χ1) is 18.0. The third-order valence-electron chi connectivity index (χ3n) is 7.30. The minimum absolute atomic E-state index is 0.0149. The van der Waals surface area contributed by atoms with Crippen molar-refractivity contribution in [1.82, 2.24) is 19.8 Å². The number of unbranched alkanes of at least 4 members (excludes halogenated alkanes) is 2. The first-order valence-corrected chi connectivity index (χ1v) is 13.5. The van der Waals surface area contributed by atoms with E-state index in [0.717, 1.165) is 70.5 Å². The smallest absolute Gasteiger partial charge is 0.330 e. The lowest BCUT2D eigenvalue weighted by molar-refractivity contribution is 0.152. The summed E-state index contributed by atoms with van der Waals surface area (Å²) in [7, 11) is 3.56. The van der Waals surface area contributed by atoms with Crippen molar-refractivity contribution in [1.29, 1.82) is 0 Å². The maximum Gasteiger partial charge on any atom is 0.330 e. The molecule has 0 spiro atoms. The summed E-state index contributed by atoms with van der Waals surface area (Å²) in [6, 6.07) is 2.70. The number of nitrogens with zero attached hydrogens (tertiary/aromatic N) is 6. The monoisotopic (exact) mass is 531 g/mol. The zero-order valence-electron chi connectivity index (χ0n) is 21.6. The topological polar surface area (TPSA) is 77.1 Å². The van der Waals surface area contributed by atoms with Gasteiger partial charge in [-0.1, -0.05) is 18.0 Å². The molecule has 3 heterocycles. The van der Waals surface area contributed by atoms with Crippen molar-refractivity contribution < 1.29 is 13.9 Å². The molecule has 11 heteroatoms. The summed E-state index contributed by atoms with van der Waals surface area (Å²) in [6.45, 7) is 6.66. The number of carbonyl (C=O) groups excluding carboxylic acids is 1. The zero-order valence-corrected chi connectivity index (χ0v) is 22.3. The van der Waals surface area contributed by atoms with Gasteiger partial charge in [-0.2, -0.15) is 4.98 Å². The van der Waals surface area contributed by atoms with Crippen LogP contribution in [0.25, 0.3) is 0 Å². The molecule has 3 aliphatic rings. The Morgan fingerprint density at radius 2 is 1.95 bits per heavy atom. The molecule has 1 aliphatic carbocycles. The molecule has 0 unspecified atom stereocenters. The van der Waals surface area contributed by atoms with E-state index in [0.29, 0.717) is 11.8 Å². The van der Waals surface area contributed by atoms with Crippen LogP contribution in [0, 0.1) is 5.82 Å². The lowest BCUT2D eigenvalue weighted by atomic mass is 10.1. The van der Waals surface area contributed by atoms with E-state index >= 15 is 4.39 Å². The van der Waals surface area contributed by atoms with Gasteiger partial charge < -0.3 is 19.9 Å². The van der Waals surface area contributed by atoms with Crippen molar-refractivity contribution >= 4 is 35.1 Å². The number of ether oxygens (including phenoxy) is 1. The molecule has 1 saturated carbocycles. The normalized spacial score (nSPS) is 18.8. The molecule has 1 saturated heterocycles. The van der Waals surface area contributed by atoms with Crippen LogP contribution in [0.3, 0.4) is 0 Å². The number of nitrogens with one attached hydrogen (secondary N) is 1. The van der Waals surface area contributed by atoms with E-state index in [9.17, 15) is 4.79 Å². The van der Waals surface area contributed by atoms with Gasteiger partial charge in [0.15, 0.2) is 11.6 Å².